The molecule has 1 N–H and O–H groups in total. The molecule has 1 aromatic carbocycles. The minimum Gasteiger partial charge on any atom is -0.467 e. The fraction of sp³-hybridized carbons (Fsp3) is 0.308. The number of benzene rings is 1. The normalized spacial score (nSPS) is 11.3. The van der Waals surface area contributed by atoms with Crippen LogP contribution in [0.2, 0.25) is 0 Å². The minimum absolute atomic E-state index is 0.352. The van der Waals surface area contributed by atoms with Gasteiger partial charge in [-0.15, -0.1) is 0 Å². The third-order valence-corrected chi connectivity index (χ3v) is 2.28. The number of esters is 2. The number of carbonyl (C=O) groups is 3. The van der Waals surface area contributed by atoms with Gasteiger partial charge in [0, 0.05) is 12.5 Å². The van der Waals surface area contributed by atoms with Crippen LogP contribution in [-0.2, 0) is 14.3 Å². The molecule has 19 heavy (non-hydrogen) atoms. The molecule has 1 rings (SSSR count). The summed E-state index contributed by atoms with van der Waals surface area (Å²) >= 11 is 0. The third kappa shape index (κ3) is 4.42. The van der Waals surface area contributed by atoms with Crippen molar-refractivity contribution >= 4 is 17.8 Å². The Balaban J connectivity index is 2.67. The van der Waals surface area contributed by atoms with Crippen molar-refractivity contribution in [3.05, 3.63) is 29.8 Å². The molecule has 0 radical (unpaired) electrons. The summed E-state index contributed by atoms with van der Waals surface area (Å²) in [7, 11) is 1.25. The van der Waals surface area contributed by atoms with Gasteiger partial charge < -0.3 is 14.8 Å². The van der Waals surface area contributed by atoms with Crippen molar-refractivity contribution in [2.45, 2.75) is 19.9 Å². The average molecular weight is 265 g/mol. The van der Waals surface area contributed by atoms with Crippen LogP contribution < -0.4 is 10.1 Å². The molecule has 6 heteroatoms. The second kappa shape index (κ2) is 6.53. The summed E-state index contributed by atoms with van der Waals surface area (Å²) in [5, 5.41) is 2.49. The Hall–Kier alpha value is -2.37. The minimum atomic E-state index is -0.731. The lowest BCUT2D eigenvalue weighted by molar-refractivity contribution is -0.142. The molecule has 0 bridgehead atoms. The van der Waals surface area contributed by atoms with Gasteiger partial charge in [-0.3, -0.25) is 9.59 Å². The molecule has 0 fully saturated rings. The molecule has 0 saturated carbocycles. The topological polar surface area (TPSA) is 81.7 Å². The smallest absolute Gasteiger partial charge is 0.328 e. The van der Waals surface area contributed by atoms with Gasteiger partial charge in [0.05, 0.1) is 7.11 Å². The zero-order chi connectivity index (χ0) is 14.4. The van der Waals surface area contributed by atoms with Crippen LogP contribution in [0.25, 0.3) is 0 Å². The van der Waals surface area contributed by atoms with Gasteiger partial charge in [-0.2, -0.15) is 0 Å². The van der Waals surface area contributed by atoms with Crippen molar-refractivity contribution in [3.63, 3.8) is 0 Å². The first-order valence-electron chi connectivity index (χ1n) is 5.61. The van der Waals surface area contributed by atoms with Crippen LogP contribution >= 0.6 is 0 Å². The molecule has 0 aromatic heterocycles. The Bertz CT molecular complexity index is 480. The molecule has 0 aliphatic heterocycles. The van der Waals surface area contributed by atoms with Crippen LogP contribution in [0, 0.1) is 0 Å². The van der Waals surface area contributed by atoms with Gasteiger partial charge in [0.1, 0.15) is 11.8 Å². The summed E-state index contributed by atoms with van der Waals surface area (Å²) < 4.78 is 9.34. The number of hydrogen-bond acceptors (Lipinski definition) is 5. The Morgan fingerprint density at radius 1 is 1.16 bits per heavy atom. The van der Waals surface area contributed by atoms with Crippen molar-refractivity contribution in [1.29, 1.82) is 0 Å². The summed E-state index contributed by atoms with van der Waals surface area (Å²) in [6.45, 7) is 2.82. The van der Waals surface area contributed by atoms with Crippen LogP contribution in [0.1, 0.15) is 24.2 Å². The second-order valence-corrected chi connectivity index (χ2v) is 3.84. The summed E-state index contributed by atoms with van der Waals surface area (Å²) in [5.41, 5.74) is 0.353. The van der Waals surface area contributed by atoms with E-state index in [4.69, 9.17) is 4.74 Å². The third-order valence-electron chi connectivity index (χ3n) is 2.28. The number of ether oxygens (including phenoxy) is 2. The van der Waals surface area contributed by atoms with E-state index in [1.54, 1.807) is 0 Å². The first kappa shape index (κ1) is 14.7. The zero-order valence-electron chi connectivity index (χ0n) is 10.9. The van der Waals surface area contributed by atoms with E-state index in [0.29, 0.717) is 11.3 Å². The Morgan fingerprint density at radius 2 is 1.74 bits per heavy atom. The quantitative estimate of drug-likeness (QED) is 0.646. The van der Waals surface area contributed by atoms with Crippen molar-refractivity contribution in [3.8, 4) is 5.75 Å². The molecule has 1 amide bonds. The van der Waals surface area contributed by atoms with E-state index in [-0.39, 0.29) is 0 Å². The van der Waals surface area contributed by atoms with Crippen molar-refractivity contribution in [2.75, 3.05) is 7.11 Å². The molecule has 102 valence electrons. The average Bonchev–Trinajstić information content (AvgIpc) is 2.37. The Kier molecular flexibility index (Phi) is 5.05. The van der Waals surface area contributed by atoms with Crippen molar-refractivity contribution < 1.29 is 23.9 Å². The van der Waals surface area contributed by atoms with Crippen LogP contribution in [0.3, 0.4) is 0 Å². The van der Waals surface area contributed by atoms with E-state index >= 15 is 0 Å². The summed E-state index contributed by atoms with van der Waals surface area (Å²) in [6, 6.07) is 5.26. The molecule has 0 aliphatic carbocycles. The Labute approximate surface area is 110 Å². The fourth-order valence-electron chi connectivity index (χ4n) is 1.36. The predicted molar refractivity (Wildman–Crippen MR) is 66.7 cm³/mol. The van der Waals surface area contributed by atoms with Crippen molar-refractivity contribution in [1.82, 2.24) is 5.32 Å². The van der Waals surface area contributed by atoms with Gasteiger partial charge in [-0.1, -0.05) is 0 Å². The largest absolute Gasteiger partial charge is 0.467 e. The maximum atomic E-state index is 11.8. The first-order chi connectivity index (χ1) is 8.93. The summed E-state index contributed by atoms with van der Waals surface area (Å²) in [5.74, 6) is -1.02. The molecule has 6 nitrogen and oxygen atoms in total. The molecular weight excluding hydrogens is 250 g/mol. The van der Waals surface area contributed by atoms with E-state index < -0.39 is 23.9 Å². The van der Waals surface area contributed by atoms with Gasteiger partial charge in [0.25, 0.3) is 5.91 Å². The van der Waals surface area contributed by atoms with Gasteiger partial charge >= 0.3 is 11.9 Å². The molecule has 0 heterocycles. The number of carbonyl (C=O) groups excluding carboxylic acids is 3. The van der Waals surface area contributed by atoms with Crippen molar-refractivity contribution in [2.24, 2.45) is 0 Å². The van der Waals surface area contributed by atoms with E-state index in [0.717, 1.165) is 0 Å². The number of nitrogens with one attached hydrogen (secondary N) is 1. The number of rotatable bonds is 4. The van der Waals surface area contributed by atoms with Gasteiger partial charge in [0.2, 0.25) is 0 Å². The van der Waals surface area contributed by atoms with Crippen LogP contribution in [0.4, 0.5) is 0 Å². The van der Waals surface area contributed by atoms with Gasteiger partial charge in [-0.05, 0) is 31.2 Å². The van der Waals surface area contributed by atoms with Gasteiger partial charge in [-0.25, -0.2) is 4.79 Å². The number of amides is 1. The highest BCUT2D eigenvalue weighted by Crippen LogP contribution is 2.12. The van der Waals surface area contributed by atoms with E-state index in [2.05, 4.69) is 10.1 Å². The second-order valence-electron chi connectivity index (χ2n) is 3.84. The van der Waals surface area contributed by atoms with E-state index in [1.807, 2.05) is 0 Å². The lowest BCUT2D eigenvalue weighted by atomic mass is 10.2. The molecular formula is C13H15NO5. The number of hydrogen-bond donors (Lipinski definition) is 1. The maximum absolute atomic E-state index is 11.8. The van der Waals surface area contributed by atoms with Gasteiger partial charge in [0.15, 0.2) is 0 Å². The maximum Gasteiger partial charge on any atom is 0.328 e. The summed E-state index contributed by atoms with van der Waals surface area (Å²) in [4.78, 5) is 33.7. The lowest BCUT2D eigenvalue weighted by Crippen LogP contribution is -2.39. The van der Waals surface area contributed by atoms with Crippen LogP contribution in [0.15, 0.2) is 24.3 Å². The van der Waals surface area contributed by atoms with E-state index in [1.165, 1.54) is 45.2 Å². The highest BCUT2D eigenvalue weighted by Gasteiger charge is 2.16. The van der Waals surface area contributed by atoms with Crippen LogP contribution in [0.5, 0.6) is 5.75 Å². The summed E-state index contributed by atoms with van der Waals surface area (Å²) in [6.07, 6.45) is 0. The highest BCUT2D eigenvalue weighted by molar-refractivity contribution is 5.96. The molecule has 0 unspecified atom stereocenters. The SMILES string of the molecule is COC(=O)[C@H](C)NC(=O)c1ccc(OC(C)=O)cc1. The first-order valence-corrected chi connectivity index (χ1v) is 5.61. The molecule has 0 aliphatic rings. The van der Waals surface area contributed by atoms with Crippen LogP contribution in [-0.4, -0.2) is 31.0 Å². The standard InChI is InChI=1S/C13H15NO5/c1-8(13(17)18-3)14-12(16)10-4-6-11(7-5-10)19-9(2)15/h4-8H,1-3H3,(H,14,16)/t8-/m0/s1. The highest BCUT2D eigenvalue weighted by atomic mass is 16.5. The Morgan fingerprint density at radius 3 is 2.21 bits per heavy atom. The molecule has 0 saturated heterocycles. The number of methoxy groups -OCH3 is 1. The predicted octanol–water partition coefficient (Wildman–Crippen LogP) is 0.903. The monoisotopic (exact) mass is 265 g/mol. The molecule has 0 spiro atoms. The molecule has 1 atom stereocenters. The molecule has 1 aromatic rings. The lowest BCUT2D eigenvalue weighted by Gasteiger charge is -2.11. The van der Waals surface area contributed by atoms with E-state index in [9.17, 15) is 14.4 Å². The fourth-order valence-corrected chi connectivity index (χ4v) is 1.36. The zero-order valence-corrected chi connectivity index (χ0v) is 10.9.